The molecule has 1 N–H and O–H groups in total. The molecule has 9 heteroatoms. The minimum Gasteiger partial charge on any atom is -0.495 e. The summed E-state index contributed by atoms with van der Waals surface area (Å²) in [6.45, 7) is -0.200. The van der Waals surface area contributed by atoms with Crippen molar-refractivity contribution in [1.82, 2.24) is 5.43 Å². The number of methoxy groups -OCH3 is 2. The molecular weight excluding hydrogens is 536 g/mol. The van der Waals surface area contributed by atoms with Crippen LogP contribution in [0.1, 0.15) is 5.56 Å². The van der Waals surface area contributed by atoms with Gasteiger partial charge in [0.05, 0.1) is 24.9 Å². The standard InChI is InChI=1S/C17H15Br3N2O4/c1-24-15-7-11(18)3-4-14(15)26-9-16(23)22-21-8-10-5-12(19)6-13(20)17(10)25-2/h3-8H,9H2,1-2H3,(H,22,23)/b21-8-. The van der Waals surface area contributed by atoms with E-state index >= 15 is 0 Å². The summed E-state index contributed by atoms with van der Waals surface area (Å²) < 4.78 is 18.5. The monoisotopic (exact) mass is 548 g/mol. The maximum Gasteiger partial charge on any atom is 0.277 e. The van der Waals surface area contributed by atoms with E-state index in [1.165, 1.54) is 13.3 Å². The largest absolute Gasteiger partial charge is 0.495 e. The average Bonchev–Trinajstić information content (AvgIpc) is 2.60. The molecule has 0 saturated heterocycles. The highest BCUT2D eigenvalue weighted by Gasteiger charge is 2.09. The lowest BCUT2D eigenvalue weighted by molar-refractivity contribution is -0.123. The fourth-order valence-electron chi connectivity index (χ4n) is 2.00. The lowest BCUT2D eigenvalue weighted by atomic mass is 10.2. The minimum absolute atomic E-state index is 0.200. The second-order valence-electron chi connectivity index (χ2n) is 4.89. The van der Waals surface area contributed by atoms with Gasteiger partial charge in [-0.25, -0.2) is 5.43 Å². The summed E-state index contributed by atoms with van der Waals surface area (Å²) >= 11 is 10.2. The van der Waals surface area contributed by atoms with E-state index in [1.807, 2.05) is 12.1 Å². The summed E-state index contributed by atoms with van der Waals surface area (Å²) in [5.74, 6) is 1.20. The van der Waals surface area contributed by atoms with Crippen molar-refractivity contribution in [3.05, 3.63) is 49.3 Å². The van der Waals surface area contributed by atoms with Crippen LogP contribution in [0.5, 0.6) is 17.2 Å². The Morgan fingerprint density at radius 2 is 1.85 bits per heavy atom. The van der Waals surface area contributed by atoms with Crippen LogP contribution in [0.15, 0.2) is 48.9 Å². The number of hydrazone groups is 1. The van der Waals surface area contributed by atoms with E-state index in [2.05, 4.69) is 58.3 Å². The Hall–Kier alpha value is -1.58. The Balaban J connectivity index is 1.96. The van der Waals surface area contributed by atoms with Crippen LogP contribution in [0, 0.1) is 0 Å². The van der Waals surface area contributed by atoms with Gasteiger partial charge in [-0.2, -0.15) is 5.10 Å². The third-order valence-electron chi connectivity index (χ3n) is 3.12. The lowest BCUT2D eigenvalue weighted by Crippen LogP contribution is -2.24. The van der Waals surface area contributed by atoms with Crippen LogP contribution in [0.4, 0.5) is 0 Å². The number of rotatable bonds is 7. The summed E-state index contributed by atoms with van der Waals surface area (Å²) in [5.41, 5.74) is 3.11. The van der Waals surface area contributed by atoms with Crippen LogP contribution in [0.2, 0.25) is 0 Å². The molecule has 0 saturated carbocycles. The first-order valence-electron chi connectivity index (χ1n) is 7.26. The number of nitrogens with one attached hydrogen (secondary N) is 1. The number of carbonyl (C=O) groups is 1. The second kappa shape index (κ2) is 9.94. The molecule has 2 aromatic rings. The molecule has 6 nitrogen and oxygen atoms in total. The Bertz CT molecular complexity index is 828. The van der Waals surface area contributed by atoms with Gasteiger partial charge in [-0.15, -0.1) is 0 Å². The van der Waals surface area contributed by atoms with Crippen molar-refractivity contribution in [1.29, 1.82) is 0 Å². The van der Waals surface area contributed by atoms with E-state index in [0.29, 0.717) is 22.8 Å². The maximum absolute atomic E-state index is 11.9. The molecule has 0 heterocycles. The predicted octanol–water partition coefficient (Wildman–Crippen LogP) is 4.52. The zero-order valence-electron chi connectivity index (χ0n) is 13.9. The topological polar surface area (TPSA) is 69.2 Å². The van der Waals surface area contributed by atoms with Gasteiger partial charge in [-0.3, -0.25) is 4.79 Å². The Kier molecular flexibility index (Phi) is 7.92. The van der Waals surface area contributed by atoms with Gasteiger partial charge in [0.25, 0.3) is 5.91 Å². The molecule has 0 aromatic heterocycles. The summed E-state index contributed by atoms with van der Waals surface area (Å²) in [6, 6.07) is 8.94. The predicted molar refractivity (Wildman–Crippen MR) is 110 cm³/mol. The minimum atomic E-state index is -0.403. The molecule has 1 amide bonds. The van der Waals surface area contributed by atoms with Gasteiger partial charge < -0.3 is 14.2 Å². The highest BCUT2D eigenvalue weighted by molar-refractivity contribution is 9.11. The van der Waals surface area contributed by atoms with Crippen LogP contribution in [0.3, 0.4) is 0 Å². The first-order valence-corrected chi connectivity index (χ1v) is 9.63. The fourth-order valence-corrected chi connectivity index (χ4v) is 3.76. The van der Waals surface area contributed by atoms with E-state index in [-0.39, 0.29) is 6.61 Å². The summed E-state index contributed by atoms with van der Waals surface area (Å²) in [4.78, 5) is 11.9. The number of hydrogen-bond donors (Lipinski definition) is 1. The van der Waals surface area contributed by atoms with Crippen LogP contribution < -0.4 is 19.6 Å². The number of nitrogens with zero attached hydrogens (tertiary/aromatic N) is 1. The number of hydrogen-bond acceptors (Lipinski definition) is 5. The first kappa shape index (κ1) is 20.7. The van der Waals surface area contributed by atoms with E-state index in [9.17, 15) is 4.79 Å². The van der Waals surface area contributed by atoms with Crippen molar-refractivity contribution >= 4 is 59.9 Å². The van der Waals surface area contributed by atoms with Gasteiger partial charge in [-0.1, -0.05) is 31.9 Å². The van der Waals surface area contributed by atoms with Crippen LogP contribution in [0.25, 0.3) is 0 Å². The smallest absolute Gasteiger partial charge is 0.277 e. The van der Waals surface area contributed by atoms with Crippen molar-refractivity contribution in [2.45, 2.75) is 0 Å². The van der Waals surface area contributed by atoms with Gasteiger partial charge in [0.2, 0.25) is 0 Å². The first-order chi connectivity index (χ1) is 12.4. The zero-order chi connectivity index (χ0) is 19.1. The third-order valence-corrected chi connectivity index (χ3v) is 4.66. The van der Waals surface area contributed by atoms with Gasteiger partial charge in [0, 0.05) is 14.5 Å². The number of halogens is 3. The molecule has 0 aliphatic carbocycles. The molecule has 2 aromatic carbocycles. The quantitative estimate of drug-likeness (QED) is 0.406. The fraction of sp³-hybridized carbons (Fsp3) is 0.176. The molecule has 138 valence electrons. The summed E-state index contributed by atoms with van der Waals surface area (Å²) in [6.07, 6.45) is 1.49. The summed E-state index contributed by atoms with van der Waals surface area (Å²) in [7, 11) is 3.09. The molecule has 0 unspecified atom stereocenters. The average molecular weight is 551 g/mol. The Labute approximate surface area is 176 Å². The third kappa shape index (κ3) is 5.72. The van der Waals surface area contributed by atoms with E-state index < -0.39 is 5.91 Å². The molecule has 0 radical (unpaired) electrons. The molecule has 0 spiro atoms. The Morgan fingerprint density at radius 1 is 1.08 bits per heavy atom. The van der Waals surface area contributed by atoms with Crippen molar-refractivity contribution < 1.29 is 19.0 Å². The lowest BCUT2D eigenvalue weighted by Gasteiger charge is -2.10. The van der Waals surface area contributed by atoms with Crippen LogP contribution >= 0.6 is 47.8 Å². The molecule has 0 atom stereocenters. The number of amides is 1. The molecule has 0 aliphatic rings. The maximum atomic E-state index is 11.9. The van der Waals surface area contributed by atoms with Crippen molar-refractivity contribution in [3.8, 4) is 17.2 Å². The van der Waals surface area contributed by atoms with Gasteiger partial charge in [0.1, 0.15) is 5.75 Å². The molecule has 0 aliphatic heterocycles. The molecule has 2 rings (SSSR count). The number of carbonyl (C=O) groups excluding carboxylic acids is 1. The molecular formula is C17H15Br3N2O4. The summed E-state index contributed by atoms with van der Waals surface area (Å²) in [5, 5.41) is 3.94. The Morgan fingerprint density at radius 3 is 2.54 bits per heavy atom. The van der Waals surface area contributed by atoms with Gasteiger partial charge >= 0.3 is 0 Å². The highest BCUT2D eigenvalue weighted by Crippen LogP contribution is 2.32. The second-order valence-corrected chi connectivity index (χ2v) is 7.57. The molecule has 0 fully saturated rings. The number of benzene rings is 2. The number of ether oxygens (including phenoxy) is 3. The van der Waals surface area contributed by atoms with Crippen molar-refractivity contribution in [3.63, 3.8) is 0 Å². The SMILES string of the molecule is COc1cc(Br)ccc1OCC(=O)N/N=C\c1cc(Br)cc(Br)c1OC. The van der Waals surface area contributed by atoms with Crippen molar-refractivity contribution in [2.24, 2.45) is 5.10 Å². The normalized spacial score (nSPS) is 10.7. The van der Waals surface area contributed by atoms with Crippen molar-refractivity contribution in [2.75, 3.05) is 20.8 Å². The molecule has 26 heavy (non-hydrogen) atoms. The van der Waals surface area contributed by atoms with Gasteiger partial charge in [0.15, 0.2) is 18.1 Å². The van der Waals surface area contributed by atoms with E-state index in [0.717, 1.165) is 13.4 Å². The van der Waals surface area contributed by atoms with E-state index in [4.69, 9.17) is 14.2 Å². The van der Waals surface area contributed by atoms with Gasteiger partial charge in [-0.05, 0) is 46.3 Å². The van der Waals surface area contributed by atoms with Crippen LogP contribution in [-0.2, 0) is 4.79 Å². The molecule has 0 bridgehead atoms. The highest BCUT2D eigenvalue weighted by atomic mass is 79.9. The zero-order valence-corrected chi connectivity index (χ0v) is 18.6. The van der Waals surface area contributed by atoms with Crippen LogP contribution in [-0.4, -0.2) is 32.9 Å². The van der Waals surface area contributed by atoms with E-state index in [1.54, 1.807) is 25.3 Å².